The lowest BCUT2D eigenvalue weighted by Gasteiger charge is -2.23. The van der Waals surface area contributed by atoms with Crippen LogP contribution in [0.1, 0.15) is 33.1 Å². The summed E-state index contributed by atoms with van der Waals surface area (Å²) in [5.74, 6) is 1.03. The van der Waals surface area contributed by atoms with E-state index in [1.165, 1.54) is 12.8 Å². The first kappa shape index (κ1) is 9.00. The van der Waals surface area contributed by atoms with Crippen molar-refractivity contribution in [2.45, 2.75) is 45.3 Å². The van der Waals surface area contributed by atoms with Crippen LogP contribution in [0.3, 0.4) is 0 Å². The van der Waals surface area contributed by atoms with Gasteiger partial charge in [0.05, 0.1) is 12.2 Å². The van der Waals surface area contributed by atoms with Crippen LogP contribution in [-0.2, 0) is 4.79 Å². The smallest absolute Gasteiger partial charge is 0.240 e. The van der Waals surface area contributed by atoms with E-state index in [0.29, 0.717) is 12.1 Å². The molecule has 0 bridgehead atoms. The molecule has 2 aliphatic rings. The quantitative estimate of drug-likeness (QED) is 0.705. The Balaban J connectivity index is 2.04. The van der Waals surface area contributed by atoms with Crippen LogP contribution in [0, 0.1) is 5.92 Å². The SMILES string of the molecule is CCCN1C(=O)C(C)NC1C1CC1. The zero-order chi connectivity index (χ0) is 9.42. The predicted molar refractivity (Wildman–Crippen MR) is 51.1 cm³/mol. The standard InChI is InChI=1S/C10H18N2O/c1-3-6-12-9(8-4-5-8)11-7(2)10(12)13/h7-9,11H,3-6H2,1-2H3. The topological polar surface area (TPSA) is 32.3 Å². The van der Waals surface area contributed by atoms with E-state index in [0.717, 1.165) is 18.9 Å². The molecule has 0 radical (unpaired) electrons. The molecule has 1 N–H and O–H groups in total. The van der Waals surface area contributed by atoms with Crippen molar-refractivity contribution < 1.29 is 4.79 Å². The second kappa shape index (κ2) is 3.29. The summed E-state index contributed by atoms with van der Waals surface area (Å²) < 4.78 is 0. The summed E-state index contributed by atoms with van der Waals surface area (Å²) in [6, 6.07) is 0.0390. The summed E-state index contributed by atoms with van der Waals surface area (Å²) in [7, 11) is 0. The molecule has 0 spiro atoms. The number of carbonyl (C=O) groups excluding carboxylic acids is 1. The third-order valence-corrected chi connectivity index (χ3v) is 2.94. The van der Waals surface area contributed by atoms with Gasteiger partial charge >= 0.3 is 0 Å². The Kier molecular flexibility index (Phi) is 2.28. The molecule has 2 atom stereocenters. The molecular formula is C10H18N2O. The summed E-state index contributed by atoms with van der Waals surface area (Å²) in [5, 5.41) is 3.38. The normalized spacial score (nSPS) is 34.3. The van der Waals surface area contributed by atoms with E-state index in [9.17, 15) is 4.79 Å². The van der Waals surface area contributed by atoms with Crippen LogP contribution in [-0.4, -0.2) is 29.6 Å². The van der Waals surface area contributed by atoms with Crippen molar-refractivity contribution in [3.8, 4) is 0 Å². The highest BCUT2D eigenvalue weighted by atomic mass is 16.2. The minimum absolute atomic E-state index is 0.0390. The molecule has 1 aliphatic heterocycles. The molecule has 2 fully saturated rings. The molecular weight excluding hydrogens is 164 g/mol. The van der Waals surface area contributed by atoms with Crippen molar-refractivity contribution in [2.75, 3.05) is 6.54 Å². The Morgan fingerprint density at radius 1 is 1.54 bits per heavy atom. The number of hydrogen-bond acceptors (Lipinski definition) is 2. The lowest BCUT2D eigenvalue weighted by Crippen LogP contribution is -2.39. The van der Waals surface area contributed by atoms with Crippen molar-refractivity contribution in [2.24, 2.45) is 5.92 Å². The lowest BCUT2D eigenvalue weighted by atomic mass is 10.3. The fraction of sp³-hybridized carbons (Fsp3) is 0.900. The van der Waals surface area contributed by atoms with Crippen molar-refractivity contribution >= 4 is 5.91 Å². The van der Waals surface area contributed by atoms with Gasteiger partial charge in [-0.25, -0.2) is 0 Å². The third kappa shape index (κ3) is 1.57. The molecule has 74 valence electrons. The Labute approximate surface area is 79.5 Å². The summed E-state index contributed by atoms with van der Waals surface area (Å²) in [6.07, 6.45) is 3.99. The third-order valence-electron chi connectivity index (χ3n) is 2.94. The van der Waals surface area contributed by atoms with E-state index in [1.54, 1.807) is 0 Å². The van der Waals surface area contributed by atoms with Gasteiger partial charge in [0.15, 0.2) is 0 Å². The summed E-state index contributed by atoms with van der Waals surface area (Å²) >= 11 is 0. The van der Waals surface area contributed by atoms with Crippen LogP contribution >= 0.6 is 0 Å². The van der Waals surface area contributed by atoms with Crippen LogP contribution in [0.15, 0.2) is 0 Å². The molecule has 2 unspecified atom stereocenters. The maximum atomic E-state index is 11.7. The summed E-state index contributed by atoms with van der Waals surface area (Å²) in [4.78, 5) is 13.7. The van der Waals surface area contributed by atoms with Crippen LogP contribution in [0.5, 0.6) is 0 Å². The van der Waals surface area contributed by atoms with Crippen LogP contribution < -0.4 is 5.32 Å². The Morgan fingerprint density at radius 2 is 2.23 bits per heavy atom. The predicted octanol–water partition coefficient (Wildman–Crippen LogP) is 0.953. The molecule has 1 aliphatic carbocycles. The number of carbonyl (C=O) groups is 1. The van der Waals surface area contributed by atoms with Crippen molar-refractivity contribution in [3.63, 3.8) is 0 Å². The van der Waals surface area contributed by atoms with Gasteiger partial charge in [0.25, 0.3) is 0 Å². The molecule has 0 aromatic carbocycles. The molecule has 1 heterocycles. The van der Waals surface area contributed by atoms with Gasteiger partial charge < -0.3 is 4.90 Å². The van der Waals surface area contributed by atoms with Crippen molar-refractivity contribution in [1.29, 1.82) is 0 Å². The summed E-state index contributed by atoms with van der Waals surface area (Å²) in [6.45, 7) is 5.00. The van der Waals surface area contributed by atoms with Crippen LogP contribution in [0.4, 0.5) is 0 Å². The summed E-state index contributed by atoms with van der Waals surface area (Å²) in [5.41, 5.74) is 0. The molecule has 0 aromatic heterocycles. The minimum Gasteiger partial charge on any atom is -0.326 e. The van der Waals surface area contributed by atoms with Gasteiger partial charge in [-0.05, 0) is 32.1 Å². The highest BCUT2D eigenvalue weighted by molar-refractivity contribution is 5.84. The number of nitrogens with one attached hydrogen (secondary N) is 1. The maximum absolute atomic E-state index is 11.7. The monoisotopic (exact) mass is 182 g/mol. The highest BCUT2D eigenvalue weighted by Crippen LogP contribution is 2.36. The number of nitrogens with zero attached hydrogens (tertiary/aromatic N) is 1. The maximum Gasteiger partial charge on any atom is 0.240 e. The van der Waals surface area contributed by atoms with Gasteiger partial charge in [-0.1, -0.05) is 6.92 Å². The molecule has 1 amide bonds. The molecule has 1 saturated heterocycles. The molecule has 2 rings (SSSR count). The van der Waals surface area contributed by atoms with Gasteiger partial charge in [0, 0.05) is 6.54 Å². The zero-order valence-electron chi connectivity index (χ0n) is 8.42. The van der Waals surface area contributed by atoms with Crippen LogP contribution in [0.2, 0.25) is 0 Å². The first-order valence-electron chi connectivity index (χ1n) is 5.30. The zero-order valence-corrected chi connectivity index (χ0v) is 8.42. The van der Waals surface area contributed by atoms with E-state index in [1.807, 2.05) is 11.8 Å². The number of hydrogen-bond donors (Lipinski definition) is 1. The van der Waals surface area contributed by atoms with E-state index in [-0.39, 0.29) is 6.04 Å². The molecule has 13 heavy (non-hydrogen) atoms. The Hall–Kier alpha value is -0.570. The fourth-order valence-electron chi connectivity index (χ4n) is 2.10. The Bertz CT molecular complexity index is 213. The van der Waals surface area contributed by atoms with E-state index < -0.39 is 0 Å². The van der Waals surface area contributed by atoms with E-state index in [4.69, 9.17) is 0 Å². The second-order valence-electron chi connectivity index (χ2n) is 4.20. The first-order valence-corrected chi connectivity index (χ1v) is 5.30. The molecule has 1 saturated carbocycles. The van der Waals surface area contributed by atoms with Crippen LogP contribution in [0.25, 0.3) is 0 Å². The molecule has 3 heteroatoms. The van der Waals surface area contributed by atoms with E-state index >= 15 is 0 Å². The van der Waals surface area contributed by atoms with Gasteiger partial charge in [0.2, 0.25) is 5.91 Å². The van der Waals surface area contributed by atoms with Gasteiger partial charge in [-0.3, -0.25) is 10.1 Å². The molecule has 3 nitrogen and oxygen atoms in total. The first-order chi connectivity index (χ1) is 6.24. The Morgan fingerprint density at radius 3 is 2.77 bits per heavy atom. The number of rotatable bonds is 3. The average molecular weight is 182 g/mol. The largest absolute Gasteiger partial charge is 0.326 e. The van der Waals surface area contributed by atoms with Gasteiger partial charge in [0.1, 0.15) is 0 Å². The van der Waals surface area contributed by atoms with Crippen molar-refractivity contribution in [1.82, 2.24) is 10.2 Å². The fourth-order valence-corrected chi connectivity index (χ4v) is 2.10. The highest BCUT2D eigenvalue weighted by Gasteiger charge is 2.43. The molecule has 0 aromatic rings. The van der Waals surface area contributed by atoms with Gasteiger partial charge in [-0.2, -0.15) is 0 Å². The van der Waals surface area contributed by atoms with Crippen molar-refractivity contribution in [3.05, 3.63) is 0 Å². The average Bonchev–Trinajstić information content (AvgIpc) is 2.89. The van der Waals surface area contributed by atoms with Gasteiger partial charge in [-0.15, -0.1) is 0 Å². The second-order valence-corrected chi connectivity index (χ2v) is 4.20. The number of amides is 1. The lowest BCUT2D eigenvalue weighted by molar-refractivity contribution is -0.130. The van der Waals surface area contributed by atoms with E-state index in [2.05, 4.69) is 12.2 Å². The minimum atomic E-state index is 0.0390.